The van der Waals surface area contributed by atoms with E-state index in [0.717, 1.165) is 50.5 Å². The topological polar surface area (TPSA) is 47.4 Å². The normalized spacial score (nSPS) is 15.3. The molecule has 1 aliphatic carbocycles. The number of fused-ring (bicyclic) bond motifs is 1. The molecular formula is C28H43N3O2. The number of rotatable bonds is 11. The lowest BCUT2D eigenvalue weighted by Crippen LogP contribution is -2.30. The fraction of sp³-hybridized carbons (Fsp3) is 0.643. The van der Waals surface area contributed by atoms with E-state index in [2.05, 4.69) is 41.9 Å². The largest absolute Gasteiger partial charge is 0.486 e. The number of hydrogen-bond acceptors (Lipinski definition) is 4. The third-order valence-electron chi connectivity index (χ3n) is 6.71. The number of hydrogen-bond donors (Lipinski definition) is 0. The average molecular weight is 454 g/mol. The molecule has 0 saturated heterocycles. The van der Waals surface area contributed by atoms with E-state index in [-0.39, 0.29) is 5.56 Å². The van der Waals surface area contributed by atoms with E-state index in [1.165, 1.54) is 29.5 Å². The van der Waals surface area contributed by atoms with Crippen molar-refractivity contribution < 1.29 is 4.74 Å². The summed E-state index contributed by atoms with van der Waals surface area (Å²) in [6.07, 6.45) is 8.88. The molecule has 33 heavy (non-hydrogen) atoms. The first-order chi connectivity index (χ1) is 16.1. The lowest BCUT2D eigenvalue weighted by molar-refractivity contribution is 0.222. The van der Waals surface area contributed by atoms with Crippen molar-refractivity contribution in [1.82, 2.24) is 14.5 Å². The van der Waals surface area contributed by atoms with Crippen LogP contribution in [0, 0.1) is 5.92 Å². The van der Waals surface area contributed by atoms with Crippen LogP contribution in [0.4, 0.5) is 0 Å². The van der Waals surface area contributed by atoms with E-state index in [9.17, 15) is 4.79 Å². The van der Waals surface area contributed by atoms with Gasteiger partial charge in [0.25, 0.3) is 5.56 Å². The van der Waals surface area contributed by atoms with Crippen molar-refractivity contribution in [2.75, 3.05) is 6.61 Å². The van der Waals surface area contributed by atoms with Gasteiger partial charge in [-0.1, -0.05) is 58.7 Å². The minimum absolute atomic E-state index is 0.0491. The van der Waals surface area contributed by atoms with E-state index in [1.807, 2.05) is 20.8 Å². The summed E-state index contributed by atoms with van der Waals surface area (Å²) in [6.45, 7) is 14.2. The van der Waals surface area contributed by atoms with Crippen LogP contribution in [0.5, 0.6) is 5.75 Å². The summed E-state index contributed by atoms with van der Waals surface area (Å²) in [6, 6.07) is 6.99. The molecule has 0 spiro atoms. The molecule has 0 radical (unpaired) electrons. The number of ether oxygens (including phenoxy) is 1. The second-order valence-electron chi connectivity index (χ2n) is 9.29. The van der Waals surface area contributed by atoms with E-state index >= 15 is 0 Å². The van der Waals surface area contributed by atoms with Crippen molar-refractivity contribution in [3.8, 4) is 5.75 Å². The number of nitrogens with zero attached hydrogens (tertiary/aromatic N) is 3. The Morgan fingerprint density at radius 1 is 1.06 bits per heavy atom. The van der Waals surface area contributed by atoms with Crippen LogP contribution in [0.25, 0.3) is 0 Å². The second kappa shape index (κ2) is 12.4. The fourth-order valence-electron chi connectivity index (χ4n) is 4.86. The summed E-state index contributed by atoms with van der Waals surface area (Å²) in [5.74, 6) is 2.51. The average Bonchev–Trinajstić information content (AvgIpc) is 3.60. The molecule has 1 aromatic carbocycles. The molecule has 0 N–H and O–H groups in total. The van der Waals surface area contributed by atoms with Gasteiger partial charge in [0.2, 0.25) is 5.75 Å². The van der Waals surface area contributed by atoms with E-state index in [0.29, 0.717) is 31.4 Å². The Balaban J connectivity index is 0.00000149. The van der Waals surface area contributed by atoms with Gasteiger partial charge in [-0.25, -0.2) is 4.98 Å². The second-order valence-corrected chi connectivity index (χ2v) is 9.29. The zero-order chi connectivity index (χ0) is 23.8. The van der Waals surface area contributed by atoms with Crippen molar-refractivity contribution in [2.45, 2.75) is 105 Å². The molecule has 0 bridgehead atoms. The Morgan fingerprint density at radius 2 is 1.76 bits per heavy atom. The summed E-state index contributed by atoms with van der Waals surface area (Å²) >= 11 is 0. The van der Waals surface area contributed by atoms with Gasteiger partial charge in [0.1, 0.15) is 5.82 Å². The first-order valence-electron chi connectivity index (χ1n) is 13.2. The molecule has 0 amide bonds. The molecule has 0 unspecified atom stereocenters. The van der Waals surface area contributed by atoms with Crippen LogP contribution in [-0.2, 0) is 26.2 Å². The quantitative estimate of drug-likeness (QED) is 0.402. The SMILES string of the molecule is CC.CCCC(CCC)COc1cnc(CN2Cc3ccc(C4CC4)cc3C2)n(CC)c1=O. The van der Waals surface area contributed by atoms with Gasteiger partial charge in [0.05, 0.1) is 19.3 Å². The highest BCUT2D eigenvalue weighted by molar-refractivity contribution is 5.37. The number of aromatic nitrogens is 2. The van der Waals surface area contributed by atoms with Gasteiger partial charge in [-0.05, 0) is 61.1 Å². The van der Waals surface area contributed by atoms with Crippen LogP contribution < -0.4 is 10.3 Å². The van der Waals surface area contributed by atoms with E-state index < -0.39 is 0 Å². The van der Waals surface area contributed by atoms with Gasteiger partial charge in [0.15, 0.2) is 0 Å². The van der Waals surface area contributed by atoms with Crippen LogP contribution in [0.3, 0.4) is 0 Å². The molecular weight excluding hydrogens is 410 g/mol. The van der Waals surface area contributed by atoms with Gasteiger partial charge in [-0.15, -0.1) is 0 Å². The van der Waals surface area contributed by atoms with Crippen LogP contribution in [0.1, 0.15) is 102 Å². The minimum atomic E-state index is -0.0491. The van der Waals surface area contributed by atoms with Crippen LogP contribution in [0.2, 0.25) is 0 Å². The molecule has 1 aromatic heterocycles. The van der Waals surface area contributed by atoms with Crippen LogP contribution in [0.15, 0.2) is 29.2 Å². The molecule has 4 rings (SSSR count). The zero-order valence-electron chi connectivity index (χ0n) is 21.4. The predicted molar refractivity (Wildman–Crippen MR) is 136 cm³/mol. The summed E-state index contributed by atoms with van der Waals surface area (Å²) in [5, 5.41) is 0. The van der Waals surface area contributed by atoms with Crippen molar-refractivity contribution in [3.05, 3.63) is 57.3 Å². The summed E-state index contributed by atoms with van der Waals surface area (Å²) in [5.41, 5.74) is 4.29. The molecule has 5 heteroatoms. The van der Waals surface area contributed by atoms with Crippen molar-refractivity contribution in [3.63, 3.8) is 0 Å². The van der Waals surface area contributed by atoms with Crippen molar-refractivity contribution >= 4 is 0 Å². The van der Waals surface area contributed by atoms with Crippen LogP contribution >= 0.6 is 0 Å². The smallest absolute Gasteiger partial charge is 0.295 e. The molecule has 2 aliphatic rings. The summed E-state index contributed by atoms with van der Waals surface area (Å²) in [7, 11) is 0. The molecule has 1 fully saturated rings. The van der Waals surface area contributed by atoms with Gasteiger partial charge >= 0.3 is 0 Å². The molecule has 2 aromatic rings. The standard InChI is InChI=1S/C26H37N3O2.C2H6/c1-4-7-19(8-5-2)18-31-24-14-27-25(29(6-3)26(24)30)17-28-15-22-12-11-21(20-9-10-20)13-23(22)16-28;1-2/h11-14,19-20H,4-10,15-18H2,1-3H3;1-2H3. The molecule has 1 aliphatic heterocycles. The third-order valence-corrected chi connectivity index (χ3v) is 6.71. The lowest BCUT2D eigenvalue weighted by Gasteiger charge is -2.19. The van der Waals surface area contributed by atoms with Crippen LogP contribution in [-0.4, -0.2) is 21.1 Å². The molecule has 5 nitrogen and oxygen atoms in total. The fourth-order valence-corrected chi connectivity index (χ4v) is 4.86. The Hall–Kier alpha value is -2.14. The Labute approximate surface area is 200 Å². The lowest BCUT2D eigenvalue weighted by atomic mass is 9.99. The predicted octanol–water partition coefficient (Wildman–Crippen LogP) is 6.28. The Kier molecular flexibility index (Phi) is 9.54. The maximum absolute atomic E-state index is 13.0. The van der Waals surface area contributed by atoms with Gasteiger partial charge in [0, 0.05) is 19.6 Å². The first-order valence-corrected chi connectivity index (χ1v) is 13.2. The van der Waals surface area contributed by atoms with Crippen molar-refractivity contribution in [2.24, 2.45) is 5.92 Å². The Bertz CT molecular complexity index is 943. The highest BCUT2D eigenvalue weighted by atomic mass is 16.5. The highest BCUT2D eigenvalue weighted by Gasteiger charge is 2.27. The molecule has 0 atom stereocenters. The summed E-state index contributed by atoms with van der Waals surface area (Å²) in [4.78, 5) is 20.1. The van der Waals surface area contributed by atoms with Gasteiger partial charge in [-0.3, -0.25) is 14.3 Å². The number of benzene rings is 1. The zero-order valence-corrected chi connectivity index (χ0v) is 21.4. The maximum atomic E-state index is 13.0. The highest BCUT2D eigenvalue weighted by Crippen LogP contribution is 2.41. The van der Waals surface area contributed by atoms with E-state index in [1.54, 1.807) is 10.8 Å². The van der Waals surface area contributed by atoms with Gasteiger partial charge in [-0.2, -0.15) is 0 Å². The first kappa shape index (κ1) is 25.5. The molecule has 1 saturated carbocycles. The monoisotopic (exact) mass is 453 g/mol. The summed E-state index contributed by atoms with van der Waals surface area (Å²) < 4.78 is 7.73. The third kappa shape index (κ3) is 6.47. The molecule has 2 heterocycles. The maximum Gasteiger partial charge on any atom is 0.295 e. The minimum Gasteiger partial charge on any atom is -0.486 e. The van der Waals surface area contributed by atoms with E-state index in [4.69, 9.17) is 4.74 Å². The Morgan fingerprint density at radius 3 is 2.39 bits per heavy atom. The van der Waals surface area contributed by atoms with Gasteiger partial charge < -0.3 is 4.74 Å². The molecule has 182 valence electrons. The van der Waals surface area contributed by atoms with Crippen molar-refractivity contribution in [1.29, 1.82) is 0 Å².